The highest BCUT2D eigenvalue weighted by atomic mass is 35.5. The minimum atomic E-state index is -0.491. The minimum Gasteiger partial charge on any atom is -0.388 e. The molecular formula is C9H10Cl2O. The van der Waals surface area contributed by atoms with Crippen LogP contribution in [0, 0.1) is 0 Å². The molecular weight excluding hydrogens is 195 g/mol. The lowest BCUT2D eigenvalue weighted by Gasteiger charge is -2.09. The van der Waals surface area contributed by atoms with Crippen LogP contribution in [0.25, 0.3) is 0 Å². The molecule has 1 aromatic carbocycles. The van der Waals surface area contributed by atoms with Crippen LogP contribution in [0.2, 0.25) is 10.0 Å². The fraction of sp³-hybridized carbons (Fsp3) is 0.333. The van der Waals surface area contributed by atoms with E-state index in [0.29, 0.717) is 16.5 Å². The molecule has 0 heterocycles. The zero-order valence-electron chi connectivity index (χ0n) is 6.72. The third kappa shape index (κ3) is 2.13. The van der Waals surface area contributed by atoms with E-state index in [1.807, 2.05) is 6.92 Å². The first-order valence-corrected chi connectivity index (χ1v) is 4.53. The number of aliphatic hydroxyl groups is 1. The van der Waals surface area contributed by atoms with E-state index in [2.05, 4.69) is 0 Å². The zero-order valence-corrected chi connectivity index (χ0v) is 8.23. The quantitative estimate of drug-likeness (QED) is 0.783. The summed E-state index contributed by atoms with van der Waals surface area (Å²) in [4.78, 5) is 0. The van der Waals surface area contributed by atoms with Gasteiger partial charge in [0.05, 0.1) is 6.10 Å². The average molecular weight is 205 g/mol. The number of benzene rings is 1. The Bertz CT molecular complexity index is 273. The molecule has 1 N–H and O–H groups in total. The topological polar surface area (TPSA) is 20.2 Å². The maximum Gasteiger partial charge on any atom is 0.0801 e. The smallest absolute Gasteiger partial charge is 0.0801 e. The Morgan fingerprint density at radius 2 is 2.08 bits per heavy atom. The van der Waals surface area contributed by atoms with Gasteiger partial charge in [0.25, 0.3) is 0 Å². The van der Waals surface area contributed by atoms with E-state index in [1.54, 1.807) is 18.2 Å². The van der Waals surface area contributed by atoms with Crippen molar-refractivity contribution in [1.29, 1.82) is 0 Å². The van der Waals surface area contributed by atoms with Crippen LogP contribution in [0.1, 0.15) is 25.0 Å². The molecule has 0 fully saturated rings. The molecule has 0 saturated carbocycles. The van der Waals surface area contributed by atoms with Gasteiger partial charge in [0.2, 0.25) is 0 Å². The number of rotatable bonds is 2. The molecule has 0 aromatic heterocycles. The van der Waals surface area contributed by atoms with Crippen LogP contribution < -0.4 is 0 Å². The summed E-state index contributed by atoms with van der Waals surface area (Å²) in [5.74, 6) is 0. The van der Waals surface area contributed by atoms with Crippen LogP contribution in [0.5, 0.6) is 0 Å². The molecule has 1 nitrogen and oxygen atoms in total. The lowest BCUT2D eigenvalue weighted by Crippen LogP contribution is -1.95. The van der Waals surface area contributed by atoms with Crippen molar-refractivity contribution in [3.63, 3.8) is 0 Å². The normalized spacial score (nSPS) is 13.0. The summed E-state index contributed by atoms with van der Waals surface area (Å²) in [6.07, 6.45) is 0.163. The summed E-state index contributed by atoms with van der Waals surface area (Å²) in [6, 6.07) is 5.11. The second-order valence-corrected chi connectivity index (χ2v) is 3.43. The molecule has 0 aliphatic carbocycles. The van der Waals surface area contributed by atoms with Crippen LogP contribution in [-0.4, -0.2) is 5.11 Å². The van der Waals surface area contributed by atoms with Gasteiger partial charge in [-0.05, 0) is 24.1 Å². The third-order valence-electron chi connectivity index (χ3n) is 1.71. The molecule has 0 aliphatic rings. The van der Waals surface area contributed by atoms with E-state index < -0.39 is 6.10 Å². The van der Waals surface area contributed by atoms with E-state index in [1.165, 1.54) is 0 Å². The van der Waals surface area contributed by atoms with Crippen LogP contribution >= 0.6 is 23.2 Å². The highest BCUT2D eigenvalue weighted by molar-refractivity contribution is 6.35. The summed E-state index contributed by atoms with van der Waals surface area (Å²) in [6.45, 7) is 1.90. The highest BCUT2D eigenvalue weighted by Crippen LogP contribution is 2.27. The molecule has 0 aliphatic heterocycles. The Hall–Kier alpha value is -0.240. The standard InChI is InChI=1S/C9H10Cl2O/c1-2-9(12)7-4-3-6(10)5-8(7)11/h3-5,9,12H,2H2,1H3/t9-/m1/s1. The van der Waals surface area contributed by atoms with Crippen LogP contribution in [0.4, 0.5) is 0 Å². The molecule has 0 saturated heterocycles. The summed E-state index contributed by atoms with van der Waals surface area (Å²) < 4.78 is 0. The van der Waals surface area contributed by atoms with Gasteiger partial charge in [-0.3, -0.25) is 0 Å². The van der Waals surface area contributed by atoms with E-state index in [4.69, 9.17) is 23.2 Å². The molecule has 0 unspecified atom stereocenters. The van der Waals surface area contributed by atoms with Gasteiger partial charge in [0, 0.05) is 10.0 Å². The van der Waals surface area contributed by atoms with Crippen molar-refractivity contribution in [2.24, 2.45) is 0 Å². The molecule has 0 amide bonds. The molecule has 1 rings (SSSR count). The van der Waals surface area contributed by atoms with Gasteiger partial charge in [-0.15, -0.1) is 0 Å². The summed E-state index contributed by atoms with van der Waals surface area (Å²) >= 11 is 11.6. The van der Waals surface area contributed by atoms with Crippen molar-refractivity contribution in [2.75, 3.05) is 0 Å². The molecule has 0 spiro atoms. The minimum absolute atomic E-state index is 0.491. The van der Waals surface area contributed by atoms with Crippen molar-refractivity contribution >= 4 is 23.2 Å². The highest BCUT2D eigenvalue weighted by Gasteiger charge is 2.08. The molecule has 0 radical (unpaired) electrons. The third-order valence-corrected chi connectivity index (χ3v) is 2.27. The van der Waals surface area contributed by atoms with E-state index >= 15 is 0 Å². The number of aliphatic hydroxyl groups excluding tert-OH is 1. The first kappa shape index (κ1) is 9.85. The Morgan fingerprint density at radius 1 is 1.42 bits per heavy atom. The van der Waals surface area contributed by atoms with Gasteiger partial charge < -0.3 is 5.11 Å². The van der Waals surface area contributed by atoms with Gasteiger partial charge in [0.1, 0.15) is 0 Å². The number of halogens is 2. The fourth-order valence-corrected chi connectivity index (χ4v) is 1.53. The lowest BCUT2D eigenvalue weighted by molar-refractivity contribution is 0.174. The Labute approximate surface area is 81.9 Å². The number of hydrogen-bond acceptors (Lipinski definition) is 1. The first-order valence-electron chi connectivity index (χ1n) is 3.78. The van der Waals surface area contributed by atoms with E-state index in [0.717, 1.165) is 5.56 Å². The maximum absolute atomic E-state index is 9.47. The Morgan fingerprint density at radius 3 is 2.58 bits per heavy atom. The van der Waals surface area contributed by atoms with Crippen molar-refractivity contribution in [3.8, 4) is 0 Å². The van der Waals surface area contributed by atoms with Crippen LogP contribution in [0.3, 0.4) is 0 Å². The Kier molecular flexibility index (Phi) is 3.39. The summed E-state index contributed by atoms with van der Waals surface area (Å²) in [5.41, 5.74) is 0.739. The van der Waals surface area contributed by atoms with Crippen LogP contribution in [0.15, 0.2) is 18.2 Å². The van der Waals surface area contributed by atoms with Gasteiger partial charge >= 0.3 is 0 Å². The second kappa shape index (κ2) is 4.13. The zero-order chi connectivity index (χ0) is 9.14. The molecule has 12 heavy (non-hydrogen) atoms. The molecule has 0 bridgehead atoms. The average Bonchev–Trinajstić information content (AvgIpc) is 2.03. The van der Waals surface area contributed by atoms with Crippen molar-refractivity contribution < 1.29 is 5.11 Å². The Balaban J connectivity index is 3.01. The lowest BCUT2D eigenvalue weighted by atomic mass is 10.1. The van der Waals surface area contributed by atoms with Crippen molar-refractivity contribution in [1.82, 2.24) is 0 Å². The molecule has 66 valence electrons. The molecule has 1 aromatic rings. The monoisotopic (exact) mass is 204 g/mol. The fourth-order valence-electron chi connectivity index (χ4n) is 0.992. The van der Waals surface area contributed by atoms with E-state index in [9.17, 15) is 5.11 Å². The van der Waals surface area contributed by atoms with Gasteiger partial charge in [0.15, 0.2) is 0 Å². The van der Waals surface area contributed by atoms with Crippen molar-refractivity contribution in [3.05, 3.63) is 33.8 Å². The second-order valence-electron chi connectivity index (χ2n) is 2.59. The molecule has 3 heteroatoms. The van der Waals surface area contributed by atoms with E-state index in [-0.39, 0.29) is 0 Å². The largest absolute Gasteiger partial charge is 0.388 e. The predicted octanol–water partition coefficient (Wildman–Crippen LogP) is 3.44. The van der Waals surface area contributed by atoms with Gasteiger partial charge in [-0.2, -0.15) is 0 Å². The maximum atomic E-state index is 9.47. The number of hydrogen-bond donors (Lipinski definition) is 1. The van der Waals surface area contributed by atoms with Gasteiger partial charge in [-0.25, -0.2) is 0 Å². The SMILES string of the molecule is CC[C@@H](O)c1ccc(Cl)cc1Cl. The van der Waals surface area contributed by atoms with Crippen molar-refractivity contribution in [2.45, 2.75) is 19.4 Å². The van der Waals surface area contributed by atoms with Gasteiger partial charge in [-0.1, -0.05) is 36.2 Å². The predicted molar refractivity (Wildman–Crippen MR) is 51.7 cm³/mol. The first-order chi connectivity index (χ1) is 5.65. The summed E-state index contributed by atoms with van der Waals surface area (Å²) in [7, 11) is 0. The van der Waals surface area contributed by atoms with Crippen LogP contribution in [-0.2, 0) is 0 Å². The summed E-state index contributed by atoms with van der Waals surface area (Å²) in [5, 5.41) is 10.6. The molecule has 1 atom stereocenters.